The Balaban J connectivity index is 1.48. The highest BCUT2D eigenvalue weighted by atomic mass is 19.1. The number of aryl methyl sites for hydroxylation is 1. The Labute approximate surface area is 149 Å². The van der Waals surface area contributed by atoms with Gasteiger partial charge in [0.25, 0.3) is 0 Å². The Morgan fingerprint density at radius 2 is 2.08 bits per heavy atom. The summed E-state index contributed by atoms with van der Waals surface area (Å²) in [5, 5.41) is 0. The molecular weight excluding hydrogens is 319 g/mol. The van der Waals surface area contributed by atoms with Gasteiger partial charge in [-0.1, -0.05) is 12.1 Å². The van der Waals surface area contributed by atoms with Crippen LogP contribution in [0.3, 0.4) is 0 Å². The third-order valence-corrected chi connectivity index (χ3v) is 5.35. The minimum atomic E-state index is -0.191. The van der Waals surface area contributed by atoms with E-state index in [1.54, 1.807) is 17.0 Å². The first-order valence-corrected chi connectivity index (χ1v) is 9.42. The van der Waals surface area contributed by atoms with E-state index in [2.05, 4.69) is 0 Å². The first-order valence-electron chi connectivity index (χ1n) is 9.42. The molecule has 0 bridgehead atoms. The quantitative estimate of drug-likeness (QED) is 0.822. The molecule has 0 aromatic heterocycles. The second-order valence-electron chi connectivity index (χ2n) is 7.29. The van der Waals surface area contributed by atoms with E-state index in [4.69, 9.17) is 0 Å². The Morgan fingerprint density at radius 3 is 2.88 bits per heavy atom. The molecule has 1 aromatic rings. The molecule has 3 rings (SSSR count). The Hall–Kier alpha value is -1.91. The number of carbonyl (C=O) groups excluding carboxylic acids is 2. The van der Waals surface area contributed by atoms with Crippen molar-refractivity contribution in [3.63, 3.8) is 0 Å². The van der Waals surface area contributed by atoms with Gasteiger partial charge in [0, 0.05) is 26.1 Å². The lowest BCUT2D eigenvalue weighted by molar-refractivity contribution is -0.142. The van der Waals surface area contributed by atoms with Gasteiger partial charge in [-0.2, -0.15) is 0 Å². The predicted octanol–water partition coefficient (Wildman–Crippen LogP) is 3.01. The number of piperidine rings is 2. The van der Waals surface area contributed by atoms with Crippen LogP contribution in [-0.2, 0) is 16.0 Å². The van der Waals surface area contributed by atoms with Crippen molar-refractivity contribution in [1.82, 2.24) is 9.80 Å². The van der Waals surface area contributed by atoms with Crippen molar-refractivity contribution in [1.29, 1.82) is 0 Å². The van der Waals surface area contributed by atoms with Crippen LogP contribution >= 0.6 is 0 Å². The van der Waals surface area contributed by atoms with Gasteiger partial charge in [-0.25, -0.2) is 4.39 Å². The molecule has 2 heterocycles. The van der Waals surface area contributed by atoms with E-state index >= 15 is 0 Å². The molecule has 4 nitrogen and oxygen atoms in total. The smallest absolute Gasteiger partial charge is 0.242 e. The molecule has 2 amide bonds. The summed E-state index contributed by atoms with van der Waals surface area (Å²) in [5.41, 5.74) is 1.02. The van der Waals surface area contributed by atoms with Crippen LogP contribution in [-0.4, -0.2) is 47.8 Å². The molecule has 0 saturated carbocycles. The maximum absolute atomic E-state index is 13.3. The summed E-state index contributed by atoms with van der Waals surface area (Å²) < 4.78 is 13.3. The van der Waals surface area contributed by atoms with Crippen molar-refractivity contribution in [2.24, 2.45) is 5.92 Å². The number of hydrogen-bond acceptors (Lipinski definition) is 2. The van der Waals surface area contributed by atoms with Gasteiger partial charge in [0.15, 0.2) is 0 Å². The molecule has 0 unspecified atom stereocenters. The normalized spacial score (nSPS) is 21.5. The van der Waals surface area contributed by atoms with Crippen molar-refractivity contribution < 1.29 is 14.0 Å². The van der Waals surface area contributed by atoms with E-state index in [1.807, 2.05) is 11.0 Å². The van der Waals surface area contributed by atoms with Gasteiger partial charge in [0.2, 0.25) is 11.8 Å². The number of nitrogens with zero attached hydrogens (tertiary/aromatic N) is 2. The van der Waals surface area contributed by atoms with E-state index in [0.717, 1.165) is 57.2 Å². The van der Waals surface area contributed by atoms with Crippen molar-refractivity contribution in [3.05, 3.63) is 35.6 Å². The third kappa shape index (κ3) is 5.03. The number of carbonyl (C=O) groups is 2. The van der Waals surface area contributed by atoms with Crippen molar-refractivity contribution in [3.8, 4) is 0 Å². The van der Waals surface area contributed by atoms with Crippen molar-refractivity contribution >= 4 is 11.8 Å². The average molecular weight is 346 g/mol. The number of likely N-dealkylation sites (tertiary alicyclic amines) is 2. The molecule has 0 aliphatic carbocycles. The van der Waals surface area contributed by atoms with Gasteiger partial charge in [0.05, 0.1) is 6.54 Å². The molecule has 1 aromatic carbocycles. The molecule has 2 saturated heterocycles. The lowest BCUT2D eigenvalue weighted by atomic mass is 9.91. The van der Waals surface area contributed by atoms with Crippen LogP contribution in [0.4, 0.5) is 4.39 Å². The molecule has 25 heavy (non-hydrogen) atoms. The van der Waals surface area contributed by atoms with E-state index < -0.39 is 0 Å². The maximum Gasteiger partial charge on any atom is 0.242 e. The summed E-state index contributed by atoms with van der Waals surface area (Å²) in [4.78, 5) is 28.1. The first-order chi connectivity index (χ1) is 12.1. The maximum atomic E-state index is 13.3. The number of amides is 2. The molecule has 0 radical (unpaired) electrons. The lowest BCUT2D eigenvalue weighted by Gasteiger charge is -2.35. The summed E-state index contributed by atoms with van der Waals surface area (Å²) in [6, 6.07) is 6.76. The summed E-state index contributed by atoms with van der Waals surface area (Å²) in [5.74, 6) is 0.451. The standard InChI is InChI=1S/C20H27FN2O2/c21-18-7-3-5-16(13-18)9-10-17-6-4-12-22(14-17)20(25)15-23-11-2-1-8-19(23)24/h3,5,7,13,17H,1-2,4,6,8-12,14-15H2/t17-/m0/s1. The van der Waals surface area contributed by atoms with E-state index in [0.29, 0.717) is 18.9 Å². The SMILES string of the molecule is O=C1CCCCN1CC(=O)N1CCC[C@@H](CCc2cccc(F)c2)C1. The van der Waals surface area contributed by atoms with Crippen LogP contribution in [0.15, 0.2) is 24.3 Å². The van der Waals surface area contributed by atoms with Crippen LogP contribution < -0.4 is 0 Å². The van der Waals surface area contributed by atoms with Crippen LogP contribution in [0, 0.1) is 11.7 Å². The predicted molar refractivity (Wildman–Crippen MR) is 94.5 cm³/mol. The second-order valence-corrected chi connectivity index (χ2v) is 7.29. The topological polar surface area (TPSA) is 40.6 Å². The van der Waals surface area contributed by atoms with Crippen LogP contribution in [0.2, 0.25) is 0 Å². The molecule has 2 aliphatic rings. The van der Waals surface area contributed by atoms with Crippen molar-refractivity contribution in [2.75, 3.05) is 26.2 Å². The number of halogens is 1. The Morgan fingerprint density at radius 1 is 1.20 bits per heavy atom. The van der Waals surface area contributed by atoms with Gasteiger partial charge < -0.3 is 9.80 Å². The first kappa shape index (κ1) is 17.9. The summed E-state index contributed by atoms with van der Waals surface area (Å²) >= 11 is 0. The fraction of sp³-hybridized carbons (Fsp3) is 0.600. The van der Waals surface area contributed by atoms with Gasteiger partial charge in [-0.3, -0.25) is 9.59 Å². The molecule has 5 heteroatoms. The minimum Gasteiger partial charge on any atom is -0.341 e. The Kier molecular flexibility index (Phi) is 6.05. The van der Waals surface area contributed by atoms with Crippen LogP contribution in [0.25, 0.3) is 0 Å². The molecular formula is C20H27FN2O2. The highest BCUT2D eigenvalue weighted by molar-refractivity contribution is 5.85. The van der Waals surface area contributed by atoms with Gasteiger partial charge >= 0.3 is 0 Å². The van der Waals surface area contributed by atoms with Gasteiger partial charge in [0.1, 0.15) is 5.82 Å². The Bertz CT molecular complexity index is 619. The fourth-order valence-electron chi connectivity index (χ4n) is 3.88. The zero-order chi connectivity index (χ0) is 17.6. The monoisotopic (exact) mass is 346 g/mol. The van der Waals surface area contributed by atoms with E-state index in [9.17, 15) is 14.0 Å². The molecule has 2 aliphatic heterocycles. The third-order valence-electron chi connectivity index (χ3n) is 5.35. The van der Waals surface area contributed by atoms with Gasteiger partial charge in [-0.15, -0.1) is 0 Å². The largest absolute Gasteiger partial charge is 0.341 e. The molecule has 1 atom stereocenters. The lowest BCUT2D eigenvalue weighted by Crippen LogP contribution is -2.47. The van der Waals surface area contributed by atoms with Crippen LogP contribution in [0.5, 0.6) is 0 Å². The van der Waals surface area contributed by atoms with Crippen molar-refractivity contribution in [2.45, 2.75) is 44.9 Å². The molecule has 2 fully saturated rings. The highest BCUT2D eigenvalue weighted by Gasteiger charge is 2.27. The highest BCUT2D eigenvalue weighted by Crippen LogP contribution is 2.22. The van der Waals surface area contributed by atoms with E-state index in [1.165, 1.54) is 6.07 Å². The van der Waals surface area contributed by atoms with Crippen LogP contribution in [0.1, 0.15) is 44.1 Å². The molecule has 136 valence electrons. The van der Waals surface area contributed by atoms with Gasteiger partial charge in [-0.05, 0) is 62.1 Å². The number of rotatable bonds is 5. The second kappa shape index (κ2) is 8.45. The molecule has 0 spiro atoms. The van der Waals surface area contributed by atoms with E-state index in [-0.39, 0.29) is 24.2 Å². The summed E-state index contributed by atoms with van der Waals surface area (Å²) in [6.45, 7) is 2.49. The minimum absolute atomic E-state index is 0.0747. The molecule has 0 N–H and O–H groups in total. The summed E-state index contributed by atoms with van der Waals surface area (Å²) in [6.07, 6.45) is 6.44. The average Bonchev–Trinajstić information content (AvgIpc) is 2.62. The zero-order valence-corrected chi connectivity index (χ0v) is 14.8. The fourth-order valence-corrected chi connectivity index (χ4v) is 3.88. The number of benzene rings is 1. The zero-order valence-electron chi connectivity index (χ0n) is 14.8. The summed E-state index contributed by atoms with van der Waals surface area (Å²) in [7, 11) is 0. The number of hydrogen-bond donors (Lipinski definition) is 0.